The number of hydrogen-bond donors (Lipinski definition) is 0. The zero-order chi connectivity index (χ0) is 10.4. The van der Waals surface area contributed by atoms with Crippen molar-refractivity contribution in [1.82, 2.24) is 0 Å². The third kappa shape index (κ3) is 1.02. The number of benzene rings is 2. The Kier molecular flexibility index (Phi) is 1.72. The van der Waals surface area contributed by atoms with Crippen molar-refractivity contribution in [2.24, 2.45) is 0 Å². The van der Waals surface area contributed by atoms with Crippen LogP contribution >= 0.6 is 0 Å². The van der Waals surface area contributed by atoms with E-state index < -0.39 is 0 Å². The molecule has 0 spiro atoms. The summed E-state index contributed by atoms with van der Waals surface area (Å²) in [4.78, 5) is 0. The Morgan fingerprint density at radius 1 is 0.867 bits per heavy atom. The zero-order valence-electron chi connectivity index (χ0n) is 9.17. The van der Waals surface area contributed by atoms with Crippen LogP contribution in [0.3, 0.4) is 0 Å². The molecule has 0 nitrogen and oxygen atoms in total. The molecule has 0 heterocycles. The van der Waals surface area contributed by atoms with Crippen molar-refractivity contribution in [3.8, 4) is 22.3 Å². The Morgan fingerprint density at radius 3 is 2.33 bits per heavy atom. The molecule has 2 aromatic rings. The fraction of sp³-hybridized carbons (Fsp3) is 0.200. The van der Waals surface area contributed by atoms with E-state index in [2.05, 4.69) is 50.2 Å². The number of aryl methyl sites for hydroxylation is 1. The van der Waals surface area contributed by atoms with Crippen molar-refractivity contribution in [2.75, 3.05) is 0 Å². The number of hydrogen-bond acceptors (Lipinski definition) is 0. The van der Waals surface area contributed by atoms with Crippen LogP contribution in [0, 0.1) is 6.92 Å². The molecule has 0 amide bonds. The molecule has 0 saturated heterocycles. The van der Waals surface area contributed by atoms with Gasteiger partial charge in [-0.1, -0.05) is 43.3 Å². The van der Waals surface area contributed by atoms with Crippen molar-refractivity contribution < 1.29 is 0 Å². The fourth-order valence-corrected chi connectivity index (χ4v) is 2.58. The largest absolute Gasteiger partial charge is 0.0616 e. The molecule has 15 heavy (non-hydrogen) atoms. The first-order valence-electron chi connectivity index (χ1n) is 5.55. The maximum Gasteiger partial charge on any atom is -0.00669 e. The molecular formula is C15H14. The van der Waals surface area contributed by atoms with Crippen molar-refractivity contribution in [2.45, 2.75) is 20.3 Å². The minimum absolute atomic E-state index is 1.13. The van der Waals surface area contributed by atoms with Crippen LogP contribution in [0.1, 0.15) is 18.1 Å². The maximum absolute atomic E-state index is 2.27. The van der Waals surface area contributed by atoms with E-state index in [4.69, 9.17) is 0 Å². The molecule has 0 aromatic heterocycles. The second-order valence-corrected chi connectivity index (χ2v) is 4.17. The fourth-order valence-electron chi connectivity index (χ4n) is 2.58. The average Bonchev–Trinajstić information content (AvgIpc) is 2.25. The van der Waals surface area contributed by atoms with Gasteiger partial charge in [-0.05, 0) is 46.7 Å². The molecule has 0 fully saturated rings. The van der Waals surface area contributed by atoms with E-state index in [0.29, 0.717) is 0 Å². The quantitative estimate of drug-likeness (QED) is 0.544. The third-order valence-electron chi connectivity index (χ3n) is 3.44. The highest BCUT2D eigenvalue weighted by molar-refractivity contribution is 6.04. The zero-order valence-corrected chi connectivity index (χ0v) is 9.17. The van der Waals surface area contributed by atoms with Crippen LogP contribution in [-0.4, -0.2) is 0 Å². The first-order chi connectivity index (χ1) is 7.33. The Labute approximate surface area is 90.6 Å². The SMILES string of the molecule is CCc1ccc2c(c1C)-c1ccccc1-2. The minimum Gasteiger partial charge on any atom is -0.0616 e. The summed E-state index contributed by atoms with van der Waals surface area (Å²) in [5.41, 5.74) is 8.70. The lowest BCUT2D eigenvalue weighted by atomic mass is 9.77. The Balaban J connectivity index is 2.26. The summed E-state index contributed by atoms with van der Waals surface area (Å²) in [6.07, 6.45) is 1.13. The first-order valence-corrected chi connectivity index (χ1v) is 5.55. The maximum atomic E-state index is 2.27. The Hall–Kier alpha value is -1.56. The van der Waals surface area contributed by atoms with E-state index >= 15 is 0 Å². The van der Waals surface area contributed by atoms with Crippen LogP contribution in [0.4, 0.5) is 0 Å². The van der Waals surface area contributed by atoms with Gasteiger partial charge in [-0.15, -0.1) is 0 Å². The molecular weight excluding hydrogens is 180 g/mol. The third-order valence-corrected chi connectivity index (χ3v) is 3.44. The van der Waals surface area contributed by atoms with Gasteiger partial charge >= 0.3 is 0 Å². The Morgan fingerprint density at radius 2 is 1.60 bits per heavy atom. The van der Waals surface area contributed by atoms with Gasteiger partial charge in [0.2, 0.25) is 0 Å². The molecule has 0 aliphatic heterocycles. The average molecular weight is 194 g/mol. The molecule has 3 rings (SSSR count). The molecule has 0 unspecified atom stereocenters. The van der Waals surface area contributed by atoms with E-state index in [1.54, 1.807) is 0 Å². The lowest BCUT2D eigenvalue weighted by molar-refractivity contribution is 1.11. The highest BCUT2D eigenvalue weighted by atomic mass is 14.3. The monoisotopic (exact) mass is 194 g/mol. The van der Waals surface area contributed by atoms with Gasteiger partial charge in [-0.3, -0.25) is 0 Å². The minimum atomic E-state index is 1.13. The second kappa shape index (κ2) is 2.96. The molecule has 0 bridgehead atoms. The van der Waals surface area contributed by atoms with E-state index in [9.17, 15) is 0 Å². The second-order valence-electron chi connectivity index (χ2n) is 4.17. The van der Waals surface area contributed by atoms with Crippen molar-refractivity contribution in [1.29, 1.82) is 0 Å². The molecule has 74 valence electrons. The van der Waals surface area contributed by atoms with Crippen molar-refractivity contribution in [3.05, 3.63) is 47.5 Å². The first kappa shape index (κ1) is 8.72. The normalized spacial score (nSPS) is 11.6. The van der Waals surface area contributed by atoms with Gasteiger partial charge in [0.15, 0.2) is 0 Å². The van der Waals surface area contributed by atoms with Crippen LogP contribution < -0.4 is 0 Å². The molecule has 1 aliphatic rings. The van der Waals surface area contributed by atoms with Crippen LogP contribution in [0.15, 0.2) is 36.4 Å². The molecule has 0 heteroatoms. The van der Waals surface area contributed by atoms with Crippen molar-refractivity contribution >= 4 is 0 Å². The van der Waals surface area contributed by atoms with E-state index in [1.165, 1.54) is 33.4 Å². The predicted molar refractivity (Wildman–Crippen MR) is 65.0 cm³/mol. The van der Waals surface area contributed by atoms with Gasteiger partial charge in [0.25, 0.3) is 0 Å². The predicted octanol–water partition coefficient (Wildman–Crippen LogP) is 4.20. The summed E-state index contributed by atoms with van der Waals surface area (Å²) in [6, 6.07) is 13.2. The van der Waals surface area contributed by atoms with Crippen LogP contribution in [0.2, 0.25) is 0 Å². The van der Waals surface area contributed by atoms with E-state index in [1.807, 2.05) is 0 Å². The molecule has 1 aliphatic carbocycles. The van der Waals surface area contributed by atoms with Gasteiger partial charge < -0.3 is 0 Å². The van der Waals surface area contributed by atoms with Gasteiger partial charge in [-0.25, -0.2) is 0 Å². The summed E-state index contributed by atoms with van der Waals surface area (Å²) in [6.45, 7) is 4.47. The van der Waals surface area contributed by atoms with E-state index in [-0.39, 0.29) is 0 Å². The number of fused-ring (bicyclic) bond motifs is 4. The van der Waals surface area contributed by atoms with Gasteiger partial charge in [0.05, 0.1) is 0 Å². The molecule has 0 radical (unpaired) electrons. The standard InChI is InChI=1S/C15H14/c1-3-11-8-9-14-12-6-4-5-7-13(12)15(14)10(11)2/h4-9H,3H2,1-2H3. The molecule has 0 N–H and O–H groups in total. The van der Waals surface area contributed by atoms with Crippen LogP contribution in [0.5, 0.6) is 0 Å². The lowest BCUT2D eigenvalue weighted by Gasteiger charge is -2.27. The Bertz CT molecular complexity index is 536. The summed E-state index contributed by atoms with van der Waals surface area (Å²) < 4.78 is 0. The van der Waals surface area contributed by atoms with Crippen molar-refractivity contribution in [3.63, 3.8) is 0 Å². The molecule has 0 atom stereocenters. The summed E-state index contributed by atoms with van der Waals surface area (Å²) in [5.74, 6) is 0. The smallest absolute Gasteiger partial charge is 0.00669 e. The van der Waals surface area contributed by atoms with Gasteiger partial charge in [-0.2, -0.15) is 0 Å². The van der Waals surface area contributed by atoms with Crippen LogP contribution in [-0.2, 0) is 6.42 Å². The van der Waals surface area contributed by atoms with Crippen LogP contribution in [0.25, 0.3) is 22.3 Å². The summed E-state index contributed by atoms with van der Waals surface area (Å²) >= 11 is 0. The highest BCUT2D eigenvalue weighted by Gasteiger charge is 2.23. The van der Waals surface area contributed by atoms with Gasteiger partial charge in [0.1, 0.15) is 0 Å². The van der Waals surface area contributed by atoms with Gasteiger partial charge in [0, 0.05) is 0 Å². The number of rotatable bonds is 1. The molecule has 2 aromatic carbocycles. The lowest BCUT2D eigenvalue weighted by Crippen LogP contribution is -2.03. The topological polar surface area (TPSA) is 0 Å². The summed E-state index contributed by atoms with van der Waals surface area (Å²) in [7, 11) is 0. The highest BCUT2D eigenvalue weighted by Crippen LogP contribution is 2.49. The molecule has 0 saturated carbocycles. The summed E-state index contributed by atoms with van der Waals surface area (Å²) in [5, 5.41) is 0. The van der Waals surface area contributed by atoms with E-state index in [0.717, 1.165) is 6.42 Å².